The number of ether oxygens (including phenoxy) is 1. The van der Waals surface area contributed by atoms with Crippen molar-refractivity contribution in [3.8, 4) is 0 Å². The van der Waals surface area contributed by atoms with Gasteiger partial charge < -0.3 is 9.22 Å². The van der Waals surface area contributed by atoms with E-state index in [4.69, 9.17) is 4.74 Å². The number of likely N-dealkylation sites (tertiary alicyclic amines) is 1. The van der Waals surface area contributed by atoms with E-state index in [-0.39, 0.29) is 35.9 Å². The maximum absolute atomic E-state index is 12.6. The van der Waals surface area contributed by atoms with Gasteiger partial charge in [0.2, 0.25) is 11.8 Å². The van der Waals surface area contributed by atoms with Crippen LogP contribution in [-0.4, -0.2) is 60.6 Å². The lowest BCUT2D eigenvalue weighted by Gasteiger charge is -2.31. The summed E-state index contributed by atoms with van der Waals surface area (Å²) < 4.78 is 6.40. The minimum atomic E-state index is -0.294. The van der Waals surface area contributed by atoms with Crippen LogP contribution in [0.2, 0.25) is 0 Å². The number of hydrogen-bond donors (Lipinski definition) is 0. The zero-order valence-corrected chi connectivity index (χ0v) is 14.1. The molecule has 2 fully saturated rings. The van der Waals surface area contributed by atoms with Gasteiger partial charge in [0.05, 0.1) is 51.2 Å². The van der Waals surface area contributed by atoms with Gasteiger partial charge in [0, 0.05) is 5.56 Å². The SMILES string of the molecule is C[N+](C)(CCN1C(=O)[C@@H]2C3C=CC(O3)[C@@H]2C1=O)Cc1ccccc1. The van der Waals surface area contributed by atoms with E-state index in [9.17, 15) is 9.59 Å². The number of amides is 2. The first kappa shape index (κ1) is 15.5. The number of carbonyl (C=O) groups is 2. The van der Waals surface area contributed by atoms with Crippen molar-refractivity contribution in [2.45, 2.75) is 18.8 Å². The molecule has 3 heterocycles. The predicted octanol–water partition coefficient (Wildman–Crippen LogP) is 1.20. The van der Waals surface area contributed by atoms with Crippen LogP contribution in [0.4, 0.5) is 0 Å². The van der Waals surface area contributed by atoms with E-state index < -0.39 is 0 Å². The molecule has 1 aromatic carbocycles. The number of nitrogens with zero attached hydrogens (tertiary/aromatic N) is 2. The number of likely N-dealkylation sites (N-methyl/N-ethyl adjacent to an activating group) is 1. The van der Waals surface area contributed by atoms with Crippen LogP contribution in [0.15, 0.2) is 42.5 Å². The lowest BCUT2D eigenvalue weighted by molar-refractivity contribution is -0.902. The number of benzene rings is 1. The topological polar surface area (TPSA) is 46.6 Å². The highest BCUT2D eigenvalue weighted by Crippen LogP contribution is 2.44. The summed E-state index contributed by atoms with van der Waals surface area (Å²) in [6, 6.07) is 10.3. The van der Waals surface area contributed by atoms with Crippen molar-refractivity contribution in [2.24, 2.45) is 11.8 Å². The molecule has 2 unspecified atom stereocenters. The molecular formula is C19H23N2O3+. The summed E-state index contributed by atoms with van der Waals surface area (Å²) in [5.74, 6) is -0.697. The van der Waals surface area contributed by atoms with E-state index in [0.29, 0.717) is 6.54 Å². The van der Waals surface area contributed by atoms with Gasteiger partial charge in [-0.15, -0.1) is 0 Å². The smallest absolute Gasteiger partial charge is 0.236 e. The predicted molar refractivity (Wildman–Crippen MR) is 88.6 cm³/mol. The van der Waals surface area contributed by atoms with Crippen molar-refractivity contribution in [1.29, 1.82) is 0 Å². The second-order valence-electron chi connectivity index (χ2n) is 7.63. The van der Waals surface area contributed by atoms with Crippen LogP contribution < -0.4 is 0 Å². The van der Waals surface area contributed by atoms with Gasteiger partial charge >= 0.3 is 0 Å². The molecule has 2 saturated heterocycles. The summed E-state index contributed by atoms with van der Waals surface area (Å²) in [6.07, 6.45) is 3.45. The number of hydrogen-bond acceptors (Lipinski definition) is 3. The molecule has 0 aromatic heterocycles. The number of imide groups is 1. The summed E-state index contributed by atoms with van der Waals surface area (Å²) in [6.45, 7) is 2.10. The van der Waals surface area contributed by atoms with Crippen molar-refractivity contribution < 1.29 is 18.8 Å². The fraction of sp³-hybridized carbons (Fsp3) is 0.474. The van der Waals surface area contributed by atoms with Crippen LogP contribution in [0.25, 0.3) is 0 Å². The minimum Gasteiger partial charge on any atom is -0.365 e. The molecule has 0 aliphatic carbocycles. The molecule has 2 amide bonds. The normalized spacial score (nSPS) is 31.2. The first-order valence-corrected chi connectivity index (χ1v) is 8.51. The Labute approximate surface area is 142 Å². The summed E-state index contributed by atoms with van der Waals surface area (Å²) >= 11 is 0. The molecule has 0 radical (unpaired) electrons. The van der Waals surface area contributed by atoms with Crippen molar-refractivity contribution in [1.82, 2.24) is 4.90 Å². The summed E-state index contributed by atoms with van der Waals surface area (Å²) in [5, 5.41) is 0. The molecule has 0 N–H and O–H groups in total. The van der Waals surface area contributed by atoms with Crippen LogP contribution in [0.3, 0.4) is 0 Å². The Bertz CT molecular complexity index is 668. The van der Waals surface area contributed by atoms with Crippen LogP contribution in [-0.2, 0) is 20.9 Å². The zero-order valence-electron chi connectivity index (χ0n) is 14.1. The van der Waals surface area contributed by atoms with E-state index in [1.165, 1.54) is 10.5 Å². The summed E-state index contributed by atoms with van der Waals surface area (Å²) in [4.78, 5) is 26.8. The Balaban J connectivity index is 1.41. The highest BCUT2D eigenvalue weighted by molar-refractivity contribution is 6.06. The summed E-state index contributed by atoms with van der Waals surface area (Å²) in [5.41, 5.74) is 1.26. The highest BCUT2D eigenvalue weighted by Gasteiger charge is 2.60. The number of quaternary nitrogens is 1. The van der Waals surface area contributed by atoms with Gasteiger partial charge in [-0.05, 0) is 0 Å². The molecule has 0 spiro atoms. The first-order valence-electron chi connectivity index (χ1n) is 8.51. The average Bonchev–Trinajstić information content (AvgIpc) is 3.21. The van der Waals surface area contributed by atoms with Crippen LogP contribution in [0.1, 0.15) is 5.56 Å². The van der Waals surface area contributed by atoms with Gasteiger partial charge in [-0.2, -0.15) is 0 Å². The zero-order chi connectivity index (χ0) is 16.9. The third-order valence-corrected chi connectivity index (χ3v) is 5.38. The number of rotatable bonds is 5. The van der Waals surface area contributed by atoms with E-state index in [1.807, 2.05) is 30.4 Å². The van der Waals surface area contributed by atoms with Crippen molar-refractivity contribution in [3.63, 3.8) is 0 Å². The maximum atomic E-state index is 12.6. The molecule has 5 nitrogen and oxygen atoms in total. The van der Waals surface area contributed by atoms with E-state index >= 15 is 0 Å². The van der Waals surface area contributed by atoms with Gasteiger partial charge in [-0.1, -0.05) is 42.5 Å². The molecular weight excluding hydrogens is 304 g/mol. The van der Waals surface area contributed by atoms with Crippen molar-refractivity contribution in [3.05, 3.63) is 48.0 Å². The van der Waals surface area contributed by atoms with Crippen molar-refractivity contribution in [2.75, 3.05) is 27.2 Å². The standard InChI is InChI=1S/C19H23N2O3/c1-21(2,12-13-6-4-3-5-7-13)11-10-20-18(22)16-14-8-9-15(24-14)17(16)19(20)23/h3-9,14-17H,10-12H2,1-2H3/q+1/t14?,15?,16-,17+. The van der Waals surface area contributed by atoms with Gasteiger partial charge in [0.25, 0.3) is 0 Å². The molecule has 4 rings (SSSR count). The lowest BCUT2D eigenvalue weighted by Crippen LogP contribution is -2.47. The molecule has 0 saturated carbocycles. The van der Waals surface area contributed by atoms with E-state index in [0.717, 1.165) is 17.6 Å². The van der Waals surface area contributed by atoms with E-state index in [2.05, 4.69) is 26.2 Å². The Morgan fingerprint density at radius 1 is 1.00 bits per heavy atom. The fourth-order valence-corrected chi connectivity index (χ4v) is 4.11. The quantitative estimate of drug-likeness (QED) is 0.464. The second kappa shape index (κ2) is 5.53. The average molecular weight is 327 g/mol. The van der Waals surface area contributed by atoms with Gasteiger partial charge in [0.15, 0.2) is 0 Å². The third kappa shape index (κ3) is 2.48. The Morgan fingerprint density at radius 2 is 1.58 bits per heavy atom. The molecule has 5 heteroatoms. The Kier molecular flexibility index (Phi) is 3.58. The lowest BCUT2D eigenvalue weighted by atomic mass is 9.85. The molecule has 3 aliphatic rings. The third-order valence-electron chi connectivity index (χ3n) is 5.38. The molecule has 4 atom stereocenters. The first-order chi connectivity index (χ1) is 11.5. The molecule has 1 aromatic rings. The minimum absolute atomic E-state index is 0.0541. The Morgan fingerprint density at radius 3 is 2.17 bits per heavy atom. The second-order valence-corrected chi connectivity index (χ2v) is 7.63. The highest BCUT2D eigenvalue weighted by atomic mass is 16.5. The largest absolute Gasteiger partial charge is 0.365 e. The molecule has 24 heavy (non-hydrogen) atoms. The number of fused-ring (bicyclic) bond motifs is 5. The summed E-state index contributed by atoms with van der Waals surface area (Å²) in [7, 11) is 4.26. The monoisotopic (exact) mass is 327 g/mol. The molecule has 126 valence electrons. The molecule has 2 bridgehead atoms. The van der Waals surface area contributed by atoms with E-state index in [1.54, 1.807) is 0 Å². The Hall–Kier alpha value is -1.98. The van der Waals surface area contributed by atoms with Crippen LogP contribution >= 0.6 is 0 Å². The van der Waals surface area contributed by atoms with Gasteiger partial charge in [0.1, 0.15) is 6.54 Å². The van der Waals surface area contributed by atoms with Crippen LogP contribution in [0, 0.1) is 11.8 Å². The fourth-order valence-electron chi connectivity index (χ4n) is 4.11. The number of carbonyl (C=O) groups excluding carboxylic acids is 2. The van der Waals surface area contributed by atoms with Crippen molar-refractivity contribution >= 4 is 11.8 Å². The van der Waals surface area contributed by atoms with Crippen LogP contribution in [0.5, 0.6) is 0 Å². The molecule has 3 aliphatic heterocycles. The maximum Gasteiger partial charge on any atom is 0.236 e. The van der Waals surface area contributed by atoms with Gasteiger partial charge in [-0.25, -0.2) is 0 Å². The van der Waals surface area contributed by atoms with Gasteiger partial charge in [-0.3, -0.25) is 14.5 Å².